The monoisotopic (exact) mass is 240 g/mol. The summed E-state index contributed by atoms with van der Waals surface area (Å²) in [5.41, 5.74) is 0.878. The largest absolute Gasteiger partial charge is 0.454 e. The summed E-state index contributed by atoms with van der Waals surface area (Å²) in [7, 11) is 0. The molecule has 0 atom stereocenters. The maximum Gasteiger partial charge on any atom is 0.298 e. The smallest absolute Gasteiger partial charge is 0.298 e. The van der Waals surface area contributed by atoms with E-state index in [-0.39, 0.29) is 11.4 Å². The van der Waals surface area contributed by atoms with Gasteiger partial charge in [-0.2, -0.15) is 0 Å². The van der Waals surface area contributed by atoms with Gasteiger partial charge < -0.3 is 4.42 Å². The predicted molar refractivity (Wildman–Crippen MR) is 66.1 cm³/mol. The molecule has 0 N–H and O–H groups in total. The average Bonchev–Trinajstić information content (AvgIpc) is 2.82. The summed E-state index contributed by atoms with van der Waals surface area (Å²) in [5.74, 6) is 0.406. The van der Waals surface area contributed by atoms with Crippen molar-refractivity contribution in [2.24, 2.45) is 0 Å². The normalized spacial score (nSPS) is 10.7. The lowest BCUT2D eigenvalue weighted by Gasteiger charge is -1.96. The Bertz CT molecular complexity index is 701. The number of nitro groups is 1. The van der Waals surface area contributed by atoms with E-state index < -0.39 is 4.92 Å². The van der Waals surface area contributed by atoms with Crippen LogP contribution in [0.25, 0.3) is 22.4 Å². The molecule has 18 heavy (non-hydrogen) atoms. The summed E-state index contributed by atoms with van der Waals surface area (Å²) in [4.78, 5) is 14.5. The maximum absolute atomic E-state index is 10.9. The summed E-state index contributed by atoms with van der Waals surface area (Å²) >= 11 is 0. The van der Waals surface area contributed by atoms with Crippen molar-refractivity contribution in [1.82, 2.24) is 4.98 Å². The predicted octanol–water partition coefficient (Wildman–Crippen LogP) is 3.40. The van der Waals surface area contributed by atoms with E-state index in [0.29, 0.717) is 11.3 Å². The second-order valence-electron chi connectivity index (χ2n) is 3.78. The molecule has 0 aliphatic heterocycles. The first-order chi connectivity index (χ1) is 8.75. The van der Waals surface area contributed by atoms with Crippen molar-refractivity contribution < 1.29 is 9.34 Å². The third-order valence-electron chi connectivity index (χ3n) is 2.64. The van der Waals surface area contributed by atoms with Crippen LogP contribution in [0.5, 0.6) is 0 Å². The number of hydrogen-bond acceptors (Lipinski definition) is 4. The summed E-state index contributed by atoms with van der Waals surface area (Å²) < 4.78 is 5.58. The van der Waals surface area contributed by atoms with Crippen LogP contribution < -0.4 is 0 Å². The SMILES string of the molecule is O=[N+]([O-])c1cccnc1-c1cc2ccccc2o1. The summed E-state index contributed by atoms with van der Waals surface area (Å²) in [6, 6.07) is 12.1. The fourth-order valence-corrected chi connectivity index (χ4v) is 1.83. The van der Waals surface area contributed by atoms with Gasteiger partial charge in [0.25, 0.3) is 5.69 Å². The van der Waals surface area contributed by atoms with Crippen LogP contribution in [-0.2, 0) is 0 Å². The number of furan rings is 1. The molecule has 3 rings (SSSR count). The first kappa shape index (κ1) is 10.5. The van der Waals surface area contributed by atoms with Crippen LogP contribution in [0.1, 0.15) is 0 Å². The highest BCUT2D eigenvalue weighted by molar-refractivity contribution is 5.83. The minimum absolute atomic E-state index is 0.0587. The Morgan fingerprint density at radius 1 is 1.17 bits per heavy atom. The van der Waals surface area contributed by atoms with Crippen molar-refractivity contribution in [1.29, 1.82) is 0 Å². The van der Waals surface area contributed by atoms with Crippen LogP contribution in [0.4, 0.5) is 5.69 Å². The highest BCUT2D eigenvalue weighted by Crippen LogP contribution is 2.31. The van der Waals surface area contributed by atoms with Crippen molar-refractivity contribution in [3.63, 3.8) is 0 Å². The van der Waals surface area contributed by atoms with E-state index in [2.05, 4.69) is 4.98 Å². The van der Waals surface area contributed by atoms with Crippen molar-refractivity contribution in [2.75, 3.05) is 0 Å². The van der Waals surface area contributed by atoms with Gasteiger partial charge in [-0.05, 0) is 18.2 Å². The molecule has 0 amide bonds. The molecule has 3 aromatic rings. The quantitative estimate of drug-likeness (QED) is 0.508. The van der Waals surface area contributed by atoms with Crippen molar-refractivity contribution in [3.05, 3.63) is 58.8 Å². The van der Waals surface area contributed by atoms with Gasteiger partial charge >= 0.3 is 0 Å². The number of para-hydroxylation sites is 1. The molecule has 0 unspecified atom stereocenters. The number of nitrogens with zero attached hydrogens (tertiary/aromatic N) is 2. The molecule has 0 aliphatic rings. The standard InChI is InChI=1S/C13H8N2O3/c16-15(17)10-5-3-7-14-13(10)12-8-9-4-1-2-6-11(9)18-12/h1-8H. The van der Waals surface area contributed by atoms with Gasteiger partial charge in [0.05, 0.1) is 4.92 Å². The molecule has 1 aromatic carbocycles. The molecule has 5 nitrogen and oxygen atoms in total. The molecule has 2 aromatic heterocycles. The van der Waals surface area contributed by atoms with Gasteiger partial charge in [-0.25, -0.2) is 4.98 Å². The molecule has 0 saturated heterocycles. The third-order valence-corrected chi connectivity index (χ3v) is 2.64. The van der Waals surface area contributed by atoms with E-state index >= 15 is 0 Å². The fraction of sp³-hybridized carbons (Fsp3) is 0. The van der Waals surface area contributed by atoms with Gasteiger partial charge in [-0.3, -0.25) is 10.1 Å². The Morgan fingerprint density at radius 2 is 2.00 bits per heavy atom. The molecular formula is C13H8N2O3. The highest BCUT2D eigenvalue weighted by atomic mass is 16.6. The summed E-state index contributed by atoms with van der Waals surface area (Å²) in [6.07, 6.45) is 1.51. The minimum atomic E-state index is -0.463. The molecule has 0 aliphatic carbocycles. The molecular weight excluding hydrogens is 232 g/mol. The zero-order valence-corrected chi connectivity index (χ0v) is 9.24. The van der Waals surface area contributed by atoms with Crippen molar-refractivity contribution in [3.8, 4) is 11.5 Å². The molecule has 0 spiro atoms. The van der Waals surface area contributed by atoms with Crippen molar-refractivity contribution >= 4 is 16.7 Å². The Labute approximate surface area is 102 Å². The Kier molecular flexibility index (Phi) is 2.30. The summed E-state index contributed by atoms with van der Waals surface area (Å²) in [5, 5.41) is 11.8. The van der Waals surface area contributed by atoms with Gasteiger partial charge in [0, 0.05) is 17.6 Å². The van der Waals surface area contributed by atoms with Crippen LogP contribution in [0.15, 0.2) is 53.1 Å². The van der Waals surface area contributed by atoms with Crippen LogP contribution in [0, 0.1) is 10.1 Å². The number of fused-ring (bicyclic) bond motifs is 1. The lowest BCUT2D eigenvalue weighted by molar-refractivity contribution is -0.384. The second kappa shape index (κ2) is 3.96. The minimum Gasteiger partial charge on any atom is -0.454 e. The van der Waals surface area contributed by atoms with Gasteiger partial charge in [0.1, 0.15) is 5.58 Å². The zero-order chi connectivity index (χ0) is 12.5. The van der Waals surface area contributed by atoms with Gasteiger partial charge in [0.15, 0.2) is 11.5 Å². The number of aromatic nitrogens is 1. The topological polar surface area (TPSA) is 69.2 Å². The highest BCUT2D eigenvalue weighted by Gasteiger charge is 2.19. The second-order valence-corrected chi connectivity index (χ2v) is 3.78. The number of rotatable bonds is 2. The number of hydrogen-bond donors (Lipinski definition) is 0. The van der Waals surface area contributed by atoms with Crippen LogP contribution in [-0.4, -0.2) is 9.91 Å². The van der Waals surface area contributed by atoms with Crippen LogP contribution in [0.2, 0.25) is 0 Å². The van der Waals surface area contributed by atoms with E-state index in [1.165, 1.54) is 18.3 Å². The van der Waals surface area contributed by atoms with E-state index in [4.69, 9.17) is 4.42 Å². The molecule has 0 fully saturated rings. The molecule has 88 valence electrons. The Balaban J connectivity index is 2.23. The van der Waals surface area contributed by atoms with Crippen molar-refractivity contribution in [2.45, 2.75) is 0 Å². The average molecular weight is 240 g/mol. The van der Waals surface area contributed by atoms with E-state index in [1.807, 2.05) is 24.3 Å². The van der Waals surface area contributed by atoms with Crippen LogP contribution >= 0.6 is 0 Å². The van der Waals surface area contributed by atoms with Gasteiger partial charge in [-0.1, -0.05) is 18.2 Å². The van der Waals surface area contributed by atoms with Crippen LogP contribution in [0.3, 0.4) is 0 Å². The van der Waals surface area contributed by atoms with E-state index in [9.17, 15) is 10.1 Å². The lowest BCUT2D eigenvalue weighted by Crippen LogP contribution is -1.92. The first-order valence-electron chi connectivity index (χ1n) is 5.34. The first-order valence-corrected chi connectivity index (χ1v) is 5.34. The van der Waals surface area contributed by atoms with E-state index in [0.717, 1.165) is 5.39 Å². The Morgan fingerprint density at radius 3 is 2.78 bits per heavy atom. The fourth-order valence-electron chi connectivity index (χ4n) is 1.83. The van der Waals surface area contributed by atoms with E-state index in [1.54, 1.807) is 6.07 Å². The summed E-state index contributed by atoms with van der Waals surface area (Å²) in [6.45, 7) is 0. The zero-order valence-electron chi connectivity index (χ0n) is 9.24. The van der Waals surface area contributed by atoms with Gasteiger partial charge in [0.2, 0.25) is 0 Å². The number of pyridine rings is 1. The lowest BCUT2D eigenvalue weighted by atomic mass is 10.2. The Hall–Kier alpha value is -2.69. The maximum atomic E-state index is 10.9. The third kappa shape index (κ3) is 1.62. The molecule has 5 heteroatoms. The molecule has 0 saturated carbocycles. The molecule has 0 radical (unpaired) electrons. The molecule has 0 bridgehead atoms. The number of benzene rings is 1. The molecule has 2 heterocycles. The van der Waals surface area contributed by atoms with Gasteiger partial charge in [-0.15, -0.1) is 0 Å².